The fourth-order valence-electron chi connectivity index (χ4n) is 2.81. The van der Waals surface area contributed by atoms with E-state index in [2.05, 4.69) is 5.32 Å². The van der Waals surface area contributed by atoms with Crippen molar-refractivity contribution in [1.29, 1.82) is 0 Å². The average Bonchev–Trinajstić information content (AvgIpc) is 3.13. The van der Waals surface area contributed by atoms with Crippen LogP contribution in [0.3, 0.4) is 0 Å². The highest BCUT2D eigenvalue weighted by Gasteiger charge is 2.44. The quantitative estimate of drug-likeness (QED) is 0.694. The number of methoxy groups -OCH3 is 1. The maximum absolute atomic E-state index is 5.34. The van der Waals surface area contributed by atoms with Gasteiger partial charge in [0.25, 0.3) is 0 Å². The first kappa shape index (κ1) is 10.1. The Morgan fingerprint density at radius 2 is 1.53 bits per heavy atom. The molecule has 3 fully saturated rings. The number of ether oxygens (including phenoxy) is 1. The third-order valence-electron chi connectivity index (χ3n) is 4.20. The van der Waals surface area contributed by atoms with Gasteiger partial charge >= 0.3 is 0 Å². The molecule has 0 heterocycles. The van der Waals surface area contributed by atoms with Crippen LogP contribution in [0, 0.1) is 17.8 Å². The summed E-state index contributed by atoms with van der Waals surface area (Å²) < 4.78 is 5.34. The van der Waals surface area contributed by atoms with E-state index < -0.39 is 0 Å². The lowest BCUT2D eigenvalue weighted by molar-refractivity contribution is 0.146. The number of rotatable bonds is 7. The molecule has 1 unspecified atom stereocenters. The molecular weight excluding hydrogens is 186 g/mol. The van der Waals surface area contributed by atoms with Crippen molar-refractivity contribution < 1.29 is 4.74 Å². The highest BCUT2D eigenvalue weighted by Crippen LogP contribution is 2.45. The van der Waals surface area contributed by atoms with Crippen molar-refractivity contribution in [2.75, 3.05) is 13.7 Å². The van der Waals surface area contributed by atoms with Crippen molar-refractivity contribution in [2.24, 2.45) is 17.8 Å². The molecule has 3 aliphatic rings. The molecule has 15 heavy (non-hydrogen) atoms. The standard InChI is InChI=1S/C13H23NO/c1-15-8-12(9-2-3-9)14-13(10-4-5-10)11-6-7-11/h9-14H,2-8H2,1H3. The summed E-state index contributed by atoms with van der Waals surface area (Å²) in [6.07, 6.45) is 8.72. The normalized spacial score (nSPS) is 28.4. The Bertz CT molecular complexity index is 207. The Balaban J connectivity index is 1.54. The lowest BCUT2D eigenvalue weighted by Gasteiger charge is -2.25. The Labute approximate surface area is 92.8 Å². The summed E-state index contributed by atoms with van der Waals surface area (Å²) in [7, 11) is 1.83. The molecule has 0 radical (unpaired) electrons. The van der Waals surface area contributed by atoms with E-state index in [-0.39, 0.29) is 0 Å². The molecule has 0 amide bonds. The molecule has 3 saturated carbocycles. The maximum atomic E-state index is 5.34. The van der Waals surface area contributed by atoms with Crippen LogP contribution >= 0.6 is 0 Å². The van der Waals surface area contributed by atoms with Crippen LogP contribution in [0.15, 0.2) is 0 Å². The molecule has 1 atom stereocenters. The summed E-state index contributed by atoms with van der Waals surface area (Å²) in [6, 6.07) is 1.49. The maximum Gasteiger partial charge on any atom is 0.0618 e. The molecule has 0 saturated heterocycles. The van der Waals surface area contributed by atoms with Crippen molar-refractivity contribution >= 4 is 0 Å². The average molecular weight is 209 g/mol. The van der Waals surface area contributed by atoms with Crippen molar-refractivity contribution in [3.8, 4) is 0 Å². The molecular formula is C13H23NO. The minimum Gasteiger partial charge on any atom is -0.383 e. The molecule has 86 valence electrons. The molecule has 0 aromatic rings. The highest BCUT2D eigenvalue weighted by atomic mass is 16.5. The van der Waals surface area contributed by atoms with Crippen LogP contribution in [0.25, 0.3) is 0 Å². The van der Waals surface area contributed by atoms with Crippen LogP contribution in [0.4, 0.5) is 0 Å². The van der Waals surface area contributed by atoms with Gasteiger partial charge in [-0.05, 0) is 56.3 Å². The smallest absolute Gasteiger partial charge is 0.0618 e. The zero-order chi connectivity index (χ0) is 10.3. The van der Waals surface area contributed by atoms with E-state index in [4.69, 9.17) is 4.74 Å². The van der Waals surface area contributed by atoms with Gasteiger partial charge in [-0.15, -0.1) is 0 Å². The number of nitrogens with one attached hydrogen (secondary N) is 1. The molecule has 0 aromatic heterocycles. The lowest BCUT2D eigenvalue weighted by Crippen LogP contribution is -2.44. The first-order chi connectivity index (χ1) is 7.38. The molecule has 0 spiro atoms. The van der Waals surface area contributed by atoms with Gasteiger partial charge in [-0.2, -0.15) is 0 Å². The zero-order valence-electron chi connectivity index (χ0n) is 9.74. The largest absolute Gasteiger partial charge is 0.383 e. The van der Waals surface area contributed by atoms with Gasteiger partial charge < -0.3 is 10.1 Å². The SMILES string of the molecule is COCC(NC(C1CC1)C1CC1)C1CC1. The molecule has 2 nitrogen and oxygen atoms in total. The minimum absolute atomic E-state index is 0.654. The summed E-state index contributed by atoms with van der Waals surface area (Å²) in [5.74, 6) is 2.94. The van der Waals surface area contributed by atoms with Crippen LogP contribution in [0.5, 0.6) is 0 Å². The van der Waals surface area contributed by atoms with Gasteiger partial charge in [0, 0.05) is 19.2 Å². The summed E-state index contributed by atoms with van der Waals surface area (Å²) in [5, 5.41) is 3.92. The van der Waals surface area contributed by atoms with Crippen LogP contribution < -0.4 is 5.32 Å². The molecule has 0 aromatic carbocycles. The van der Waals surface area contributed by atoms with E-state index in [1.165, 1.54) is 38.5 Å². The molecule has 3 rings (SSSR count). The topological polar surface area (TPSA) is 21.3 Å². The van der Waals surface area contributed by atoms with Crippen molar-refractivity contribution in [1.82, 2.24) is 5.32 Å². The fourth-order valence-corrected chi connectivity index (χ4v) is 2.81. The minimum atomic E-state index is 0.654. The van der Waals surface area contributed by atoms with E-state index in [0.29, 0.717) is 6.04 Å². The highest BCUT2D eigenvalue weighted by molar-refractivity contribution is 4.99. The van der Waals surface area contributed by atoms with Gasteiger partial charge in [0.05, 0.1) is 6.61 Å². The Hall–Kier alpha value is -0.0800. The van der Waals surface area contributed by atoms with E-state index in [9.17, 15) is 0 Å². The number of hydrogen-bond donors (Lipinski definition) is 1. The fraction of sp³-hybridized carbons (Fsp3) is 1.00. The predicted octanol–water partition coefficient (Wildman–Crippen LogP) is 2.19. The monoisotopic (exact) mass is 209 g/mol. The van der Waals surface area contributed by atoms with E-state index in [1.807, 2.05) is 7.11 Å². The first-order valence-electron chi connectivity index (χ1n) is 6.63. The molecule has 3 aliphatic carbocycles. The molecule has 2 heteroatoms. The van der Waals surface area contributed by atoms with Crippen molar-refractivity contribution in [3.63, 3.8) is 0 Å². The second kappa shape index (κ2) is 4.06. The van der Waals surface area contributed by atoms with Gasteiger partial charge in [0.15, 0.2) is 0 Å². The van der Waals surface area contributed by atoms with Crippen LogP contribution in [-0.4, -0.2) is 25.8 Å². The second-order valence-corrected chi connectivity index (χ2v) is 5.77. The molecule has 0 bridgehead atoms. The van der Waals surface area contributed by atoms with Crippen molar-refractivity contribution in [2.45, 2.75) is 50.6 Å². The lowest BCUT2D eigenvalue weighted by atomic mass is 10.0. The second-order valence-electron chi connectivity index (χ2n) is 5.77. The van der Waals surface area contributed by atoms with E-state index >= 15 is 0 Å². The first-order valence-corrected chi connectivity index (χ1v) is 6.63. The Kier molecular flexibility index (Phi) is 2.73. The summed E-state index contributed by atoms with van der Waals surface area (Å²) in [5.41, 5.74) is 0. The number of hydrogen-bond acceptors (Lipinski definition) is 2. The Morgan fingerprint density at radius 3 is 1.93 bits per heavy atom. The third kappa shape index (κ3) is 2.54. The van der Waals surface area contributed by atoms with Crippen LogP contribution in [0.1, 0.15) is 38.5 Å². The van der Waals surface area contributed by atoms with Crippen molar-refractivity contribution in [3.05, 3.63) is 0 Å². The van der Waals surface area contributed by atoms with Gasteiger partial charge in [-0.3, -0.25) is 0 Å². The zero-order valence-corrected chi connectivity index (χ0v) is 9.74. The Morgan fingerprint density at radius 1 is 1.00 bits per heavy atom. The van der Waals surface area contributed by atoms with Gasteiger partial charge in [0.1, 0.15) is 0 Å². The van der Waals surface area contributed by atoms with Gasteiger partial charge in [-0.1, -0.05) is 0 Å². The summed E-state index contributed by atoms with van der Waals surface area (Å²) in [4.78, 5) is 0. The van der Waals surface area contributed by atoms with E-state index in [0.717, 1.165) is 30.4 Å². The summed E-state index contributed by atoms with van der Waals surface area (Å²) >= 11 is 0. The predicted molar refractivity (Wildman–Crippen MR) is 60.8 cm³/mol. The van der Waals surface area contributed by atoms with E-state index in [1.54, 1.807) is 0 Å². The van der Waals surface area contributed by atoms with Crippen LogP contribution in [-0.2, 0) is 4.74 Å². The molecule has 1 N–H and O–H groups in total. The molecule has 0 aliphatic heterocycles. The summed E-state index contributed by atoms with van der Waals surface area (Å²) in [6.45, 7) is 0.917. The van der Waals surface area contributed by atoms with Gasteiger partial charge in [-0.25, -0.2) is 0 Å². The van der Waals surface area contributed by atoms with Gasteiger partial charge in [0.2, 0.25) is 0 Å². The third-order valence-corrected chi connectivity index (χ3v) is 4.20. The van der Waals surface area contributed by atoms with Crippen LogP contribution in [0.2, 0.25) is 0 Å².